The molecule has 1 unspecified atom stereocenters. The number of nitrogens with zero attached hydrogens (tertiary/aromatic N) is 1. The van der Waals surface area contributed by atoms with Crippen LogP contribution in [0, 0.1) is 0 Å². The van der Waals surface area contributed by atoms with Crippen molar-refractivity contribution in [1.29, 1.82) is 0 Å². The van der Waals surface area contributed by atoms with Gasteiger partial charge in [-0.05, 0) is 18.6 Å². The van der Waals surface area contributed by atoms with Crippen LogP contribution in [0.2, 0.25) is 5.02 Å². The molecule has 0 spiro atoms. The molecule has 0 bridgehead atoms. The quantitative estimate of drug-likeness (QED) is 0.924. The van der Waals surface area contributed by atoms with Gasteiger partial charge in [0, 0.05) is 19.5 Å². The Balaban J connectivity index is 2.29. The number of rotatable bonds is 5. The van der Waals surface area contributed by atoms with Gasteiger partial charge in [0.05, 0.1) is 22.7 Å². The number of ether oxygens (including phenoxy) is 1. The first-order valence-corrected chi connectivity index (χ1v) is 6.91. The van der Waals surface area contributed by atoms with Gasteiger partial charge in [-0.1, -0.05) is 41.9 Å². The largest absolute Gasteiger partial charge is 0.382 e. The van der Waals surface area contributed by atoms with Gasteiger partial charge in [0.25, 0.3) is 5.91 Å². The summed E-state index contributed by atoms with van der Waals surface area (Å²) in [5.74, 6) is -0.259. The molecule has 0 aliphatic carbocycles. The Hall–Kier alpha value is -1.91. The van der Waals surface area contributed by atoms with Crippen LogP contribution in [0.1, 0.15) is 22.8 Å². The van der Waals surface area contributed by atoms with Crippen LogP contribution in [0.4, 0.5) is 0 Å². The van der Waals surface area contributed by atoms with Crippen molar-refractivity contribution in [2.24, 2.45) is 0 Å². The Labute approximate surface area is 129 Å². The lowest BCUT2D eigenvalue weighted by Gasteiger charge is -2.31. The van der Waals surface area contributed by atoms with Crippen molar-refractivity contribution in [3.8, 4) is 0 Å². The minimum absolute atomic E-state index is 0.259. The summed E-state index contributed by atoms with van der Waals surface area (Å²) in [5.41, 5.74) is 0.718. The van der Waals surface area contributed by atoms with Gasteiger partial charge in [0.1, 0.15) is 0 Å². The third kappa shape index (κ3) is 3.60. The zero-order chi connectivity index (χ0) is 15.3. The van der Waals surface area contributed by atoms with Gasteiger partial charge in [-0.2, -0.15) is 0 Å². The molecule has 1 aromatic carbocycles. The maximum Gasteiger partial charge on any atom is 0.253 e. The highest BCUT2D eigenvalue weighted by Crippen LogP contribution is 2.23. The Bertz CT molecular complexity index is 619. The van der Waals surface area contributed by atoms with Gasteiger partial charge in [0.15, 0.2) is 0 Å². The minimum atomic E-state index is -0.639. The molecular weight excluding hydrogens is 288 g/mol. The number of methoxy groups -OCH3 is 1. The van der Waals surface area contributed by atoms with E-state index in [0.717, 1.165) is 5.56 Å². The highest BCUT2D eigenvalue weighted by molar-refractivity contribution is 6.33. The summed E-state index contributed by atoms with van der Waals surface area (Å²) in [4.78, 5) is 16.3. The topological polar surface area (TPSA) is 51.2 Å². The van der Waals surface area contributed by atoms with Crippen LogP contribution in [0.15, 0.2) is 48.8 Å². The van der Waals surface area contributed by atoms with E-state index in [2.05, 4.69) is 10.3 Å². The number of hydrogen-bond acceptors (Lipinski definition) is 3. The molecule has 0 aliphatic rings. The Morgan fingerprint density at radius 1 is 1.33 bits per heavy atom. The Kier molecular flexibility index (Phi) is 4.94. The molecule has 2 aromatic rings. The van der Waals surface area contributed by atoms with Crippen molar-refractivity contribution >= 4 is 17.5 Å². The van der Waals surface area contributed by atoms with Crippen molar-refractivity contribution in [3.05, 3.63) is 64.9 Å². The molecule has 4 nitrogen and oxygen atoms in total. The number of carbonyl (C=O) groups is 1. The molecule has 1 N–H and O–H groups in total. The third-order valence-corrected chi connectivity index (χ3v) is 3.55. The van der Waals surface area contributed by atoms with Gasteiger partial charge >= 0.3 is 0 Å². The second-order valence-electron chi connectivity index (χ2n) is 4.94. The lowest BCUT2D eigenvalue weighted by molar-refractivity contribution is 0.0786. The fraction of sp³-hybridized carbons (Fsp3) is 0.250. The fourth-order valence-corrected chi connectivity index (χ4v) is 2.37. The van der Waals surface area contributed by atoms with Gasteiger partial charge < -0.3 is 10.1 Å². The van der Waals surface area contributed by atoms with E-state index in [9.17, 15) is 4.79 Å². The van der Waals surface area contributed by atoms with Crippen LogP contribution in [0.3, 0.4) is 0 Å². The van der Waals surface area contributed by atoms with Gasteiger partial charge in [-0.25, -0.2) is 0 Å². The fourth-order valence-electron chi connectivity index (χ4n) is 2.16. The van der Waals surface area contributed by atoms with Crippen molar-refractivity contribution < 1.29 is 9.53 Å². The first kappa shape index (κ1) is 15.5. The molecule has 2 rings (SSSR count). The van der Waals surface area contributed by atoms with Crippen molar-refractivity contribution in [3.63, 3.8) is 0 Å². The molecule has 21 heavy (non-hydrogen) atoms. The number of nitrogens with one attached hydrogen (secondary N) is 1. The first-order chi connectivity index (χ1) is 10.1. The molecule has 5 heteroatoms. The predicted octanol–water partition coefficient (Wildman–Crippen LogP) is 3.03. The Morgan fingerprint density at radius 2 is 2.05 bits per heavy atom. The molecule has 0 saturated heterocycles. The highest BCUT2D eigenvalue weighted by Gasteiger charge is 2.29. The van der Waals surface area contributed by atoms with Crippen LogP contribution in [-0.2, 0) is 10.3 Å². The molecule has 0 saturated carbocycles. The standard InChI is InChI=1S/C16H17ClN2O2/c1-16(11-21-2,12-6-4-3-5-7-12)19-15(20)13-8-9-18-10-14(13)17/h3-10H,11H2,1-2H3,(H,19,20). The average Bonchev–Trinajstić information content (AvgIpc) is 2.48. The van der Waals surface area contributed by atoms with E-state index < -0.39 is 5.54 Å². The molecule has 0 radical (unpaired) electrons. The normalized spacial score (nSPS) is 13.5. The van der Waals surface area contributed by atoms with E-state index in [1.165, 1.54) is 12.4 Å². The van der Waals surface area contributed by atoms with Gasteiger partial charge in [-0.15, -0.1) is 0 Å². The van der Waals surface area contributed by atoms with Crippen molar-refractivity contribution in [2.45, 2.75) is 12.5 Å². The zero-order valence-electron chi connectivity index (χ0n) is 12.0. The molecular formula is C16H17ClN2O2. The number of carbonyl (C=O) groups excluding carboxylic acids is 1. The number of amides is 1. The Morgan fingerprint density at radius 3 is 2.67 bits per heavy atom. The number of halogens is 1. The molecule has 1 aromatic heterocycles. The molecule has 1 amide bonds. The van der Waals surface area contributed by atoms with Crippen molar-refractivity contribution in [2.75, 3.05) is 13.7 Å². The average molecular weight is 305 g/mol. The minimum Gasteiger partial charge on any atom is -0.382 e. The SMILES string of the molecule is COCC(C)(NC(=O)c1ccncc1Cl)c1ccccc1. The first-order valence-electron chi connectivity index (χ1n) is 6.53. The molecule has 0 fully saturated rings. The predicted molar refractivity (Wildman–Crippen MR) is 82.4 cm³/mol. The zero-order valence-corrected chi connectivity index (χ0v) is 12.7. The maximum atomic E-state index is 12.5. The summed E-state index contributed by atoms with van der Waals surface area (Å²) < 4.78 is 5.27. The summed E-state index contributed by atoms with van der Waals surface area (Å²) in [7, 11) is 1.60. The van der Waals surface area contributed by atoms with Crippen LogP contribution in [0.5, 0.6) is 0 Å². The second kappa shape index (κ2) is 6.70. The number of aromatic nitrogens is 1. The van der Waals surface area contributed by atoms with Gasteiger partial charge in [-0.3, -0.25) is 9.78 Å². The monoisotopic (exact) mass is 304 g/mol. The number of pyridine rings is 1. The molecule has 1 atom stereocenters. The van der Waals surface area contributed by atoms with Gasteiger partial charge in [0.2, 0.25) is 0 Å². The van der Waals surface area contributed by atoms with E-state index in [0.29, 0.717) is 17.2 Å². The highest BCUT2D eigenvalue weighted by atomic mass is 35.5. The van der Waals surface area contributed by atoms with Crippen molar-refractivity contribution in [1.82, 2.24) is 10.3 Å². The third-order valence-electron chi connectivity index (χ3n) is 3.25. The number of hydrogen-bond donors (Lipinski definition) is 1. The maximum absolute atomic E-state index is 12.5. The van der Waals surface area contributed by atoms with Crippen LogP contribution >= 0.6 is 11.6 Å². The summed E-state index contributed by atoms with van der Waals surface area (Å²) in [5, 5.41) is 3.31. The molecule has 0 aliphatic heterocycles. The second-order valence-corrected chi connectivity index (χ2v) is 5.35. The summed E-state index contributed by atoms with van der Waals surface area (Å²) in [6.45, 7) is 2.27. The van der Waals surface area contributed by atoms with E-state index in [-0.39, 0.29) is 5.91 Å². The van der Waals surface area contributed by atoms with Crippen LogP contribution in [0.25, 0.3) is 0 Å². The van der Waals surface area contributed by atoms with E-state index in [1.807, 2.05) is 37.3 Å². The molecule has 1 heterocycles. The van der Waals surface area contributed by atoms with E-state index >= 15 is 0 Å². The summed E-state index contributed by atoms with van der Waals surface area (Å²) in [6, 6.07) is 11.3. The lowest BCUT2D eigenvalue weighted by Crippen LogP contribution is -2.46. The molecule has 110 valence electrons. The lowest BCUT2D eigenvalue weighted by atomic mass is 9.92. The van der Waals surface area contributed by atoms with Crippen LogP contribution < -0.4 is 5.32 Å². The van der Waals surface area contributed by atoms with E-state index in [4.69, 9.17) is 16.3 Å². The van der Waals surface area contributed by atoms with E-state index in [1.54, 1.807) is 13.2 Å². The smallest absolute Gasteiger partial charge is 0.253 e. The number of benzene rings is 1. The van der Waals surface area contributed by atoms with Crippen LogP contribution in [-0.4, -0.2) is 24.6 Å². The summed E-state index contributed by atoms with van der Waals surface area (Å²) >= 11 is 6.02. The summed E-state index contributed by atoms with van der Waals surface area (Å²) in [6.07, 6.45) is 2.99.